The van der Waals surface area contributed by atoms with Crippen LogP contribution >= 0.6 is 0 Å². The highest BCUT2D eigenvalue weighted by Crippen LogP contribution is 2.21. The number of aromatic nitrogens is 4. The fraction of sp³-hybridized carbons (Fsp3) is 0.250. The Hall–Kier alpha value is -2.56. The number of aromatic amines is 1. The van der Waals surface area contributed by atoms with Gasteiger partial charge < -0.3 is 5.32 Å². The first-order valence-electron chi connectivity index (χ1n) is 6.98. The Labute approximate surface area is 124 Å². The van der Waals surface area contributed by atoms with Gasteiger partial charge >= 0.3 is 0 Å². The van der Waals surface area contributed by atoms with E-state index in [2.05, 4.69) is 45.7 Å². The average Bonchev–Trinajstić information content (AvgIpc) is 3.08. The summed E-state index contributed by atoms with van der Waals surface area (Å²) in [5.41, 5.74) is 6.76. The van der Waals surface area contributed by atoms with Gasteiger partial charge in [-0.25, -0.2) is 0 Å². The molecule has 3 rings (SSSR count). The number of rotatable bonds is 4. The second-order valence-electron chi connectivity index (χ2n) is 5.18. The SMILES string of the molecule is Cc1nn(C)c(C)c1CNc1cccc(-c2ccn[nH]2)c1. The molecule has 3 aromatic rings. The van der Waals surface area contributed by atoms with E-state index in [0.29, 0.717) is 0 Å². The van der Waals surface area contributed by atoms with Gasteiger partial charge in [0, 0.05) is 42.3 Å². The number of anilines is 1. The van der Waals surface area contributed by atoms with Crippen LogP contribution in [0.4, 0.5) is 5.69 Å². The molecular formula is C16H19N5. The van der Waals surface area contributed by atoms with Crippen LogP contribution in [0, 0.1) is 13.8 Å². The minimum Gasteiger partial charge on any atom is -0.381 e. The van der Waals surface area contributed by atoms with Crippen LogP contribution in [0.2, 0.25) is 0 Å². The average molecular weight is 281 g/mol. The molecule has 5 heteroatoms. The molecule has 0 unspecified atom stereocenters. The van der Waals surface area contributed by atoms with Gasteiger partial charge in [0.2, 0.25) is 0 Å². The van der Waals surface area contributed by atoms with Crippen LogP contribution in [0.3, 0.4) is 0 Å². The predicted octanol–water partition coefficient (Wildman–Crippen LogP) is 3.04. The molecule has 0 aliphatic rings. The van der Waals surface area contributed by atoms with Crippen LogP contribution in [0.15, 0.2) is 36.5 Å². The normalized spacial score (nSPS) is 10.8. The molecule has 0 fully saturated rings. The summed E-state index contributed by atoms with van der Waals surface area (Å²) in [7, 11) is 1.98. The molecule has 2 heterocycles. The minimum atomic E-state index is 0.776. The van der Waals surface area contributed by atoms with E-state index < -0.39 is 0 Å². The number of hydrogen-bond acceptors (Lipinski definition) is 3. The Bertz CT molecular complexity index is 740. The van der Waals surface area contributed by atoms with Gasteiger partial charge in [-0.3, -0.25) is 9.78 Å². The summed E-state index contributed by atoms with van der Waals surface area (Å²) < 4.78 is 1.92. The molecule has 2 N–H and O–H groups in total. The van der Waals surface area contributed by atoms with Gasteiger partial charge in [0.05, 0.1) is 11.4 Å². The van der Waals surface area contributed by atoms with Crippen molar-refractivity contribution in [3.8, 4) is 11.3 Å². The molecule has 5 nitrogen and oxygen atoms in total. The summed E-state index contributed by atoms with van der Waals surface area (Å²) >= 11 is 0. The van der Waals surface area contributed by atoms with Crippen LogP contribution in [-0.4, -0.2) is 20.0 Å². The van der Waals surface area contributed by atoms with Gasteiger partial charge in [-0.05, 0) is 32.0 Å². The molecule has 0 saturated carbocycles. The zero-order valence-corrected chi connectivity index (χ0v) is 12.5. The first-order valence-corrected chi connectivity index (χ1v) is 6.98. The standard InChI is InChI=1S/C16H19N5/c1-11-15(12(2)21(3)20-11)10-17-14-6-4-5-13(9-14)16-7-8-18-19-16/h4-9,17H,10H2,1-3H3,(H,18,19). The Morgan fingerprint density at radius 3 is 2.76 bits per heavy atom. The van der Waals surface area contributed by atoms with Crippen molar-refractivity contribution in [2.45, 2.75) is 20.4 Å². The lowest BCUT2D eigenvalue weighted by Gasteiger charge is -2.08. The number of benzene rings is 1. The molecular weight excluding hydrogens is 262 g/mol. The molecule has 0 aliphatic carbocycles. The molecule has 21 heavy (non-hydrogen) atoms. The Morgan fingerprint density at radius 2 is 2.10 bits per heavy atom. The van der Waals surface area contributed by atoms with Gasteiger partial charge in [-0.1, -0.05) is 12.1 Å². The van der Waals surface area contributed by atoms with Crippen molar-refractivity contribution in [1.82, 2.24) is 20.0 Å². The third-order valence-corrected chi connectivity index (χ3v) is 3.80. The molecule has 108 valence electrons. The van der Waals surface area contributed by atoms with E-state index in [0.717, 1.165) is 29.2 Å². The predicted molar refractivity (Wildman–Crippen MR) is 84.0 cm³/mol. The van der Waals surface area contributed by atoms with Gasteiger partial charge in [0.15, 0.2) is 0 Å². The number of nitrogens with zero attached hydrogens (tertiary/aromatic N) is 3. The largest absolute Gasteiger partial charge is 0.381 e. The Balaban J connectivity index is 1.78. The van der Waals surface area contributed by atoms with Gasteiger partial charge in [0.1, 0.15) is 0 Å². The Kier molecular flexibility index (Phi) is 3.48. The molecule has 0 aliphatic heterocycles. The van der Waals surface area contributed by atoms with E-state index in [-0.39, 0.29) is 0 Å². The smallest absolute Gasteiger partial charge is 0.0650 e. The molecule has 0 spiro atoms. The summed E-state index contributed by atoms with van der Waals surface area (Å²) in [5.74, 6) is 0. The minimum absolute atomic E-state index is 0.776. The van der Waals surface area contributed by atoms with Gasteiger partial charge in [-0.15, -0.1) is 0 Å². The van der Waals surface area contributed by atoms with Crippen LogP contribution in [-0.2, 0) is 13.6 Å². The molecule has 0 atom stereocenters. The maximum absolute atomic E-state index is 4.44. The summed E-state index contributed by atoms with van der Waals surface area (Å²) in [4.78, 5) is 0. The molecule has 0 bridgehead atoms. The molecule has 2 aromatic heterocycles. The lowest BCUT2D eigenvalue weighted by molar-refractivity contribution is 0.730. The highest BCUT2D eigenvalue weighted by molar-refractivity contribution is 5.64. The van der Waals surface area contributed by atoms with E-state index in [1.54, 1.807) is 6.20 Å². The Morgan fingerprint density at radius 1 is 1.24 bits per heavy atom. The maximum Gasteiger partial charge on any atom is 0.0650 e. The van der Waals surface area contributed by atoms with Crippen LogP contribution in [0.1, 0.15) is 17.0 Å². The van der Waals surface area contributed by atoms with Crippen LogP contribution in [0.5, 0.6) is 0 Å². The second kappa shape index (κ2) is 5.44. The maximum atomic E-state index is 4.44. The third-order valence-electron chi connectivity index (χ3n) is 3.80. The van der Waals surface area contributed by atoms with Crippen molar-refractivity contribution in [2.75, 3.05) is 5.32 Å². The molecule has 0 amide bonds. The quantitative estimate of drug-likeness (QED) is 0.772. The van der Waals surface area contributed by atoms with Crippen molar-refractivity contribution in [2.24, 2.45) is 7.05 Å². The highest BCUT2D eigenvalue weighted by Gasteiger charge is 2.09. The van der Waals surface area contributed by atoms with Crippen molar-refractivity contribution in [1.29, 1.82) is 0 Å². The van der Waals surface area contributed by atoms with Crippen molar-refractivity contribution >= 4 is 5.69 Å². The summed E-state index contributed by atoms with van der Waals surface area (Å²) in [6.07, 6.45) is 1.76. The van der Waals surface area contributed by atoms with E-state index in [4.69, 9.17) is 0 Å². The zero-order valence-electron chi connectivity index (χ0n) is 12.5. The second-order valence-corrected chi connectivity index (χ2v) is 5.18. The molecule has 1 aromatic carbocycles. The fourth-order valence-electron chi connectivity index (χ4n) is 2.48. The summed E-state index contributed by atoms with van der Waals surface area (Å²) in [6, 6.07) is 10.3. The van der Waals surface area contributed by atoms with Crippen molar-refractivity contribution in [3.63, 3.8) is 0 Å². The fourth-order valence-corrected chi connectivity index (χ4v) is 2.48. The van der Waals surface area contributed by atoms with E-state index in [1.807, 2.05) is 30.8 Å². The number of nitrogens with one attached hydrogen (secondary N) is 2. The van der Waals surface area contributed by atoms with E-state index >= 15 is 0 Å². The number of H-pyrrole nitrogens is 1. The van der Waals surface area contributed by atoms with Crippen LogP contribution < -0.4 is 5.32 Å². The first-order chi connectivity index (χ1) is 10.1. The first kappa shape index (κ1) is 13.4. The zero-order chi connectivity index (χ0) is 14.8. The number of hydrogen-bond donors (Lipinski definition) is 2. The molecule has 0 saturated heterocycles. The third kappa shape index (κ3) is 2.67. The topological polar surface area (TPSA) is 58.5 Å². The highest BCUT2D eigenvalue weighted by atomic mass is 15.3. The molecule has 0 radical (unpaired) electrons. The van der Waals surface area contributed by atoms with Gasteiger partial charge in [-0.2, -0.15) is 10.2 Å². The van der Waals surface area contributed by atoms with Crippen LogP contribution in [0.25, 0.3) is 11.3 Å². The van der Waals surface area contributed by atoms with Crippen molar-refractivity contribution < 1.29 is 0 Å². The summed E-state index contributed by atoms with van der Waals surface area (Å²) in [5, 5.41) is 14.9. The van der Waals surface area contributed by atoms with Gasteiger partial charge in [0.25, 0.3) is 0 Å². The van der Waals surface area contributed by atoms with E-state index in [9.17, 15) is 0 Å². The van der Waals surface area contributed by atoms with Crippen molar-refractivity contribution in [3.05, 3.63) is 53.5 Å². The monoisotopic (exact) mass is 281 g/mol. The lowest BCUT2D eigenvalue weighted by atomic mass is 10.1. The van der Waals surface area contributed by atoms with E-state index in [1.165, 1.54) is 11.3 Å². The number of aryl methyl sites for hydroxylation is 2. The lowest BCUT2D eigenvalue weighted by Crippen LogP contribution is -2.02. The summed E-state index contributed by atoms with van der Waals surface area (Å²) in [6.45, 7) is 4.92.